The third-order valence-electron chi connectivity index (χ3n) is 2.59. The Hall–Kier alpha value is -1.96. The van der Waals surface area contributed by atoms with Crippen molar-refractivity contribution in [2.24, 2.45) is 7.05 Å². The molecule has 0 unspecified atom stereocenters. The largest absolute Gasteiger partial charge is 0.477 e. The van der Waals surface area contributed by atoms with Gasteiger partial charge in [-0.3, -0.25) is 4.57 Å². The van der Waals surface area contributed by atoms with Gasteiger partial charge in [0, 0.05) is 18.7 Å². The van der Waals surface area contributed by atoms with Gasteiger partial charge in [0.05, 0.1) is 0 Å². The predicted octanol–water partition coefficient (Wildman–Crippen LogP) is 1.02. The first kappa shape index (κ1) is 13.5. The molecule has 0 amide bonds. The maximum absolute atomic E-state index is 12.0. The van der Waals surface area contributed by atoms with Gasteiger partial charge in [-0.25, -0.2) is 14.2 Å². The number of aromatic nitrogens is 4. The Kier molecular flexibility index (Phi) is 3.05. The zero-order valence-corrected chi connectivity index (χ0v) is 11.9. The van der Waals surface area contributed by atoms with E-state index >= 15 is 0 Å². The normalized spacial score (nSPS) is 11.8. The number of carboxylic acid groups (broad SMARTS) is 1. The van der Waals surface area contributed by atoms with E-state index in [0.717, 1.165) is 9.57 Å². The number of nitrogens with zero attached hydrogens (tertiary/aromatic N) is 4. The van der Waals surface area contributed by atoms with Gasteiger partial charge in [-0.15, -0.1) is 10.2 Å². The highest BCUT2D eigenvalue weighted by molar-refractivity contribution is 7.13. The van der Waals surface area contributed by atoms with E-state index in [-0.39, 0.29) is 11.1 Å². The van der Waals surface area contributed by atoms with E-state index in [9.17, 15) is 9.59 Å². The summed E-state index contributed by atoms with van der Waals surface area (Å²) >= 11 is 1.28. The van der Waals surface area contributed by atoms with Gasteiger partial charge in [0.2, 0.25) is 5.13 Å². The molecule has 0 spiro atoms. The summed E-state index contributed by atoms with van der Waals surface area (Å²) in [5, 5.41) is 18.1. The van der Waals surface area contributed by atoms with Crippen molar-refractivity contribution in [2.45, 2.75) is 26.2 Å². The molecule has 0 atom stereocenters. The minimum absolute atomic E-state index is 0.0856. The zero-order chi connectivity index (χ0) is 14.4. The Balaban J connectivity index is 2.55. The van der Waals surface area contributed by atoms with E-state index in [1.165, 1.54) is 29.1 Å². The molecule has 0 bridgehead atoms. The molecule has 8 heteroatoms. The highest BCUT2D eigenvalue weighted by Gasteiger charge is 2.22. The van der Waals surface area contributed by atoms with Crippen LogP contribution in [0.2, 0.25) is 0 Å². The molecule has 0 radical (unpaired) electrons. The van der Waals surface area contributed by atoms with Crippen LogP contribution in [0.3, 0.4) is 0 Å². The molecule has 0 aliphatic carbocycles. The number of imidazole rings is 1. The Morgan fingerprint density at radius 2 is 2.00 bits per heavy atom. The van der Waals surface area contributed by atoms with E-state index in [4.69, 9.17) is 5.11 Å². The standard InChI is InChI=1S/C11H14N4O3S/c1-11(2,3)8-12-13-9(19-8)15-5-6(7(16)17)14(4)10(15)18/h5H,1-4H3,(H,16,17). The third kappa shape index (κ3) is 2.30. The summed E-state index contributed by atoms with van der Waals surface area (Å²) in [6.45, 7) is 5.98. The second-order valence-electron chi connectivity index (χ2n) is 5.17. The van der Waals surface area contributed by atoms with Gasteiger partial charge in [0.15, 0.2) is 0 Å². The topological polar surface area (TPSA) is 90.0 Å². The van der Waals surface area contributed by atoms with Crippen LogP contribution in [0.5, 0.6) is 0 Å². The van der Waals surface area contributed by atoms with Crippen LogP contribution in [0.25, 0.3) is 5.13 Å². The molecule has 0 aromatic carbocycles. The quantitative estimate of drug-likeness (QED) is 0.888. The van der Waals surface area contributed by atoms with Crippen LogP contribution in [0.15, 0.2) is 11.0 Å². The highest BCUT2D eigenvalue weighted by atomic mass is 32.1. The van der Waals surface area contributed by atoms with Crippen molar-refractivity contribution in [1.29, 1.82) is 0 Å². The fourth-order valence-corrected chi connectivity index (χ4v) is 2.35. The van der Waals surface area contributed by atoms with Crippen molar-refractivity contribution < 1.29 is 9.90 Å². The van der Waals surface area contributed by atoms with Crippen LogP contribution in [0.1, 0.15) is 36.3 Å². The van der Waals surface area contributed by atoms with Crippen molar-refractivity contribution in [3.05, 3.63) is 27.4 Å². The van der Waals surface area contributed by atoms with Crippen LogP contribution < -0.4 is 5.69 Å². The summed E-state index contributed by atoms with van der Waals surface area (Å²) in [5.74, 6) is -1.15. The van der Waals surface area contributed by atoms with Crippen molar-refractivity contribution in [1.82, 2.24) is 19.3 Å². The van der Waals surface area contributed by atoms with Gasteiger partial charge in [-0.1, -0.05) is 32.1 Å². The van der Waals surface area contributed by atoms with Crippen molar-refractivity contribution >= 4 is 17.3 Å². The Labute approximate surface area is 113 Å². The van der Waals surface area contributed by atoms with E-state index in [1.807, 2.05) is 20.8 Å². The number of aromatic carboxylic acids is 1. The smallest absolute Gasteiger partial charge is 0.354 e. The number of carbonyl (C=O) groups is 1. The van der Waals surface area contributed by atoms with Gasteiger partial charge >= 0.3 is 11.7 Å². The third-order valence-corrected chi connectivity index (χ3v) is 3.94. The average Bonchev–Trinajstić information content (AvgIpc) is 2.85. The van der Waals surface area contributed by atoms with Gasteiger partial charge in [0.1, 0.15) is 10.7 Å². The van der Waals surface area contributed by atoms with E-state index in [2.05, 4.69) is 10.2 Å². The molecule has 2 aromatic heterocycles. The van der Waals surface area contributed by atoms with Gasteiger partial charge in [0.25, 0.3) is 0 Å². The minimum atomic E-state index is -1.15. The fraction of sp³-hybridized carbons (Fsp3) is 0.455. The Morgan fingerprint density at radius 1 is 1.37 bits per heavy atom. The molecule has 0 fully saturated rings. The second-order valence-corrected chi connectivity index (χ2v) is 6.13. The lowest BCUT2D eigenvalue weighted by Crippen LogP contribution is -2.22. The van der Waals surface area contributed by atoms with Crippen LogP contribution in [-0.4, -0.2) is 30.4 Å². The molecule has 0 saturated heterocycles. The van der Waals surface area contributed by atoms with Crippen molar-refractivity contribution in [3.63, 3.8) is 0 Å². The summed E-state index contributed by atoms with van der Waals surface area (Å²) in [5.41, 5.74) is -0.698. The molecule has 2 rings (SSSR count). The maximum atomic E-state index is 12.0. The molecule has 19 heavy (non-hydrogen) atoms. The van der Waals surface area contributed by atoms with E-state index < -0.39 is 11.7 Å². The predicted molar refractivity (Wildman–Crippen MR) is 70.1 cm³/mol. The van der Waals surface area contributed by atoms with Gasteiger partial charge in [-0.05, 0) is 0 Å². The van der Waals surface area contributed by atoms with Crippen LogP contribution >= 0.6 is 11.3 Å². The number of hydrogen-bond donors (Lipinski definition) is 1. The molecule has 7 nitrogen and oxygen atoms in total. The summed E-state index contributed by atoms with van der Waals surface area (Å²) in [6.07, 6.45) is 1.26. The Bertz CT molecular complexity index is 690. The molecule has 2 heterocycles. The van der Waals surface area contributed by atoms with Crippen LogP contribution in [0.4, 0.5) is 0 Å². The average molecular weight is 282 g/mol. The summed E-state index contributed by atoms with van der Waals surface area (Å²) in [7, 11) is 1.41. The first-order valence-corrected chi connectivity index (χ1v) is 6.39. The first-order chi connectivity index (χ1) is 8.71. The molecule has 2 aromatic rings. The molecule has 0 aliphatic rings. The van der Waals surface area contributed by atoms with E-state index in [1.54, 1.807) is 0 Å². The first-order valence-electron chi connectivity index (χ1n) is 5.58. The lowest BCUT2D eigenvalue weighted by atomic mass is 9.98. The van der Waals surface area contributed by atoms with Crippen LogP contribution in [-0.2, 0) is 12.5 Å². The Morgan fingerprint density at radius 3 is 2.42 bits per heavy atom. The molecule has 0 aliphatic heterocycles. The summed E-state index contributed by atoms with van der Waals surface area (Å²) < 4.78 is 2.27. The number of hydrogen-bond acceptors (Lipinski definition) is 5. The summed E-state index contributed by atoms with van der Waals surface area (Å²) in [4.78, 5) is 22.9. The highest BCUT2D eigenvalue weighted by Crippen LogP contribution is 2.26. The summed E-state index contributed by atoms with van der Waals surface area (Å²) in [6, 6.07) is 0. The monoisotopic (exact) mass is 282 g/mol. The maximum Gasteiger partial charge on any atom is 0.354 e. The van der Waals surface area contributed by atoms with Gasteiger partial charge < -0.3 is 5.11 Å². The SMILES string of the molecule is Cn1c(C(=O)O)cn(-c2nnc(C(C)(C)C)s2)c1=O. The minimum Gasteiger partial charge on any atom is -0.477 e. The molecule has 0 saturated carbocycles. The molecule has 102 valence electrons. The lowest BCUT2D eigenvalue weighted by molar-refractivity contribution is 0.0686. The zero-order valence-electron chi connectivity index (χ0n) is 11.0. The second kappa shape index (κ2) is 4.30. The van der Waals surface area contributed by atoms with Crippen LogP contribution in [0, 0.1) is 0 Å². The number of carboxylic acids is 1. The molecule has 1 N–H and O–H groups in total. The van der Waals surface area contributed by atoms with Crippen molar-refractivity contribution in [2.75, 3.05) is 0 Å². The molecular formula is C11H14N4O3S. The van der Waals surface area contributed by atoms with Crippen molar-refractivity contribution in [3.8, 4) is 5.13 Å². The molecular weight excluding hydrogens is 268 g/mol. The van der Waals surface area contributed by atoms with Gasteiger partial charge in [-0.2, -0.15) is 0 Å². The fourth-order valence-electron chi connectivity index (χ4n) is 1.48. The lowest BCUT2D eigenvalue weighted by Gasteiger charge is -2.12. The van der Waals surface area contributed by atoms with E-state index in [0.29, 0.717) is 5.13 Å². The number of rotatable bonds is 2.